The van der Waals surface area contributed by atoms with Crippen LogP contribution in [0.2, 0.25) is 0 Å². The third-order valence-corrected chi connectivity index (χ3v) is 3.11. The SMILES string of the molecule is CSC(/C=C/C/C=C(Br)\N=C/C(=N)Br)=N/C=C(\N)Br. The van der Waals surface area contributed by atoms with Gasteiger partial charge < -0.3 is 5.73 Å². The second-order valence-corrected chi connectivity index (χ2v) is 6.37. The van der Waals surface area contributed by atoms with Crippen molar-refractivity contribution in [3.63, 3.8) is 0 Å². The lowest BCUT2D eigenvalue weighted by atomic mass is 10.4. The molecule has 4 nitrogen and oxygen atoms in total. The number of rotatable bonds is 6. The van der Waals surface area contributed by atoms with E-state index in [0.717, 1.165) is 5.04 Å². The first-order valence-electron chi connectivity index (χ1n) is 4.99. The Hall–Kier alpha value is -0.180. The summed E-state index contributed by atoms with van der Waals surface area (Å²) in [6.07, 6.45) is 11.4. The van der Waals surface area contributed by atoms with Crippen LogP contribution in [0.25, 0.3) is 0 Å². The van der Waals surface area contributed by atoms with Gasteiger partial charge in [0.1, 0.15) is 9.23 Å². The highest BCUT2D eigenvalue weighted by Crippen LogP contribution is 2.09. The standard InChI is InChI=1S/C11H13Br3N4S/c1-19-11(18-7-9(13)16)5-3-2-4-10(14)17-6-8(12)15/h3-7,15H,2,16H2,1H3/b5-3+,9-7-,10-4-,15-8?,17-6-,18-11+. The maximum atomic E-state index is 7.13. The summed E-state index contributed by atoms with van der Waals surface area (Å²) in [5.41, 5.74) is 5.43. The summed E-state index contributed by atoms with van der Waals surface area (Å²) in [5.74, 6) is 0. The quantitative estimate of drug-likeness (QED) is 0.338. The average molecular weight is 473 g/mol. The Morgan fingerprint density at radius 3 is 2.58 bits per heavy atom. The number of hydrogen-bond acceptors (Lipinski definition) is 5. The molecule has 0 unspecified atom stereocenters. The monoisotopic (exact) mass is 470 g/mol. The van der Waals surface area contributed by atoms with Crippen molar-refractivity contribution in [1.29, 1.82) is 5.41 Å². The molecule has 0 fully saturated rings. The van der Waals surface area contributed by atoms with Crippen LogP contribution in [0.1, 0.15) is 6.42 Å². The predicted octanol–water partition coefficient (Wildman–Crippen LogP) is 4.53. The van der Waals surface area contributed by atoms with Gasteiger partial charge in [0.05, 0.1) is 22.1 Å². The van der Waals surface area contributed by atoms with Gasteiger partial charge in [-0.1, -0.05) is 6.08 Å². The van der Waals surface area contributed by atoms with E-state index in [1.54, 1.807) is 6.20 Å². The number of nitrogens with one attached hydrogen (secondary N) is 1. The van der Waals surface area contributed by atoms with Crippen LogP contribution in [0.4, 0.5) is 0 Å². The predicted molar refractivity (Wildman–Crippen MR) is 98.1 cm³/mol. The molecule has 0 aliphatic heterocycles. The normalized spacial score (nSPS) is 14.6. The van der Waals surface area contributed by atoms with Gasteiger partial charge in [0.2, 0.25) is 0 Å². The Labute approximate surface area is 142 Å². The van der Waals surface area contributed by atoms with Gasteiger partial charge in [-0.3, -0.25) is 5.41 Å². The number of nitrogens with two attached hydrogens (primary N) is 1. The molecule has 0 atom stereocenters. The molecule has 19 heavy (non-hydrogen) atoms. The van der Waals surface area contributed by atoms with Gasteiger partial charge in [-0.15, -0.1) is 11.8 Å². The Bertz CT molecular complexity index is 449. The van der Waals surface area contributed by atoms with Crippen molar-refractivity contribution in [2.45, 2.75) is 6.42 Å². The summed E-state index contributed by atoms with van der Waals surface area (Å²) in [6.45, 7) is 0. The molecule has 0 heterocycles. The zero-order valence-corrected chi connectivity index (χ0v) is 15.7. The van der Waals surface area contributed by atoms with Gasteiger partial charge in [0, 0.05) is 0 Å². The van der Waals surface area contributed by atoms with E-state index >= 15 is 0 Å². The van der Waals surface area contributed by atoms with E-state index in [1.807, 2.05) is 24.5 Å². The molecule has 0 spiro atoms. The Morgan fingerprint density at radius 1 is 1.37 bits per heavy atom. The summed E-state index contributed by atoms with van der Waals surface area (Å²) in [5, 5.41) is 7.99. The summed E-state index contributed by atoms with van der Waals surface area (Å²) >= 11 is 10.9. The number of halogens is 3. The molecular weight excluding hydrogens is 460 g/mol. The number of thioether (sulfide) groups is 1. The van der Waals surface area contributed by atoms with Crippen LogP contribution in [0.5, 0.6) is 0 Å². The van der Waals surface area contributed by atoms with E-state index in [4.69, 9.17) is 11.1 Å². The molecule has 0 amide bonds. The largest absolute Gasteiger partial charge is 0.392 e. The molecule has 0 rings (SSSR count). The first kappa shape index (κ1) is 18.8. The maximum Gasteiger partial charge on any atom is 0.115 e. The van der Waals surface area contributed by atoms with Gasteiger partial charge in [0.25, 0.3) is 0 Å². The van der Waals surface area contributed by atoms with Crippen molar-refractivity contribution in [3.05, 3.63) is 33.6 Å². The number of aliphatic imine (C=N–C) groups is 2. The van der Waals surface area contributed by atoms with Crippen molar-refractivity contribution in [1.82, 2.24) is 0 Å². The summed E-state index contributed by atoms with van der Waals surface area (Å²) in [7, 11) is 0. The smallest absolute Gasteiger partial charge is 0.115 e. The lowest BCUT2D eigenvalue weighted by Gasteiger charge is -1.93. The van der Waals surface area contributed by atoms with Crippen molar-refractivity contribution in [2.24, 2.45) is 15.7 Å². The number of allylic oxidation sites excluding steroid dienone is 2. The fourth-order valence-corrected chi connectivity index (χ4v) is 1.68. The molecule has 0 bridgehead atoms. The van der Waals surface area contributed by atoms with Crippen molar-refractivity contribution < 1.29 is 0 Å². The van der Waals surface area contributed by atoms with E-state index in [-0.39, 0.29) is 4.62 Å². The lowest BCUT2D eigenvalue weighted by Crippen LogP contribution is -1.87. The molecule has 0 radical (unpaired) electrons. The molecule has 0 saturated carbocycles. The van der Waals surface area contributed by atoms with E-state index in [1.165, 1.54) is 18.0 Å². The Balaban J connectivity index is 4.42. The van der Waals surface area contributed by atoms with Gasteiger partial charge >= 0.3 is 0 Å². The van der Waals surface area contributed by atoms with Crippen LogP contribution in [0.3, 0.4) is 0 Å². The minimum Gasteiger partial charge on any atom is -0.392 e. The summed E-state index contributed by atoms with van der Waals surface area (Å²) in [6, 6.07) is 0. The Kier molecular flexibility index (Phi) is 11.5. The highest BCUT2D eigenvalue weighted by Gasteiger charge is 1.89. The van der Waals surface area contributed by atoms with Gasteiger partial charge in [-0.05, 0) is 72.6 Å². The molecule has 0 aromatic rings. The molecule has 0 aliphatic rings. The van der Waals surface area contributed by atoms with Gasteiger partial charge in [-0.2, -0.15) is 0 Å². The van der Waals surface area contributed by atoms with Crippen LogP contribution in [0.15, 0.2) is 43.6 Å². The summed E-state index contributed by atoms with van der Waals surface area (Å²) < 4.78 is 1.39. The molecule has 104 valence electrons. The van der Waals surface area contributed by atoms with E-state index in [0.29, 0.717) is 15.6 Å². The average Bonchev–Trinajstić information content (AvgIpc) is 2.35. The fourth-order valence-electron chi connectivity index (χ4n) is 0.794. The third kappa shape index (κ3) is 12.6. The zero-order chi connectivity index (χ0) is 14.7. The summed E-state index contributed by atoms with van der Waals surface area (Å²) in [4.78, 5) is 8.18. The van der Waals surface area contributed by atoms with Gasteiger partial charge in [0.15, 0.2) is 0 Å². The molecule has 8 heteroatoms. The van der Waals surface area contributed by atoms with Crippen LogP contribution in [0, 0.1) is 5.41 Å². The van der Waals surface area contributed by atoms with E-state index in [2.05, 4.69) is 57.8 Å². The highest BCUT2D eigenvalue weighted by molar-refractivity contribution is 9.19. The topological polar surface area (TPSA) is 74.6 Å². The fraction of sp³-hybridized carbons (Fsp3) is 0.182. The molecular formula is C11H13Br3N4S. The maximum absolute atomic E-state index is 7.13. The molecule has 0 aromatic heterocycles. The third-order valence-electron chi connectivity index (χ3n) is 1.51. The minimum atomic E-state index is 0.226. The molecule has 0 aromatic carbocycles. The number of nitrogens with zero attached hydrogens (tertiary/aromatic N) is 2. The van der Waals surface area contributed by atoms with Crippen molar-refractivity contribution >= 4 is 75.4 Å². The Morgan fingerprint density at radius 2 is 2.05 bits per heavy atom. The number of hydrogen-bond donors (Lipinski definition) is 2. The van der Waals surface area contributed by atoms with E-state index < -0.39 is 0 Å². The second-order valence-electron chi connectivity index (χ2n) is 2.96. The second kappa shape index (κ2) is 11.6. The first-order valence-corrected chi connectivity index (χ1v) is 8.59. The van der Waals surface area contributed by atoms with Crippen molar-refractivity contribution in [3.8, 4) is 0 Å². The van der Waals surface area contributed by atoms with Crippen LogP contribution >= 0.6 is 59.6 Å². The van der Waals surface area contributed by atoms with Crippen molar-refractivity contribution in [2.75, 3.05) is 6.26 Å². The highest BCUT2D eigenvalue weighted by atomic mass is 79.9. The van der Waals surface area contributed by atoms with Gasteiger partial charge in [-0.25, -0.2) is 9.98 Å². The first-order chi connectivity index (χ1) is 8.95. The molecule has 3 N–H and O–H groups in total. The van der Waals surface area contributed by atoms with Crippen LogP contribution in [-0.4, -0.2) is 22.1 Å². The van der Waals surface area contributed by atoms with Crippen LogP contribution in [-0.2, 0) is 0 Å². The molecule has 0 saturated heterocycles. The zero-order valence-electron chi connectivity index (χ0n) is 10.1. The lowest BCUT2D eigenvalue weighted by molar-refractivity contribution is 1.35. The minimum absolute atomic E-state index is 0.226. The van der Waals surface area contributed by atoms with E-state index in [9.17, 15) is 0 Å². The van der Waals surface area contributed by atoms with Crippen LogP contribution < -0.4 is 5.73 Å². The molecule has 0 aliphatic carbocycles.